The maximum atomic E-state index is 13.0. The molecule has 7 heteroatoms. The third-order valence-corrected chi connectivity index (χ3v) is 5.11. The average molecular weight is 468 g/mol. The third-order valence-electron chi connectivity index (χ3n) is 4.21. The van der Waals surface area contributed by atoms with E-state index in [1.165, 1.54) is 4.90 Å². The minimum Gasteiger partial charge on any atom is -0.484 e. The lowest BCUT2D eigenvalue weighted by molar-refractivity contribution is -0.142. The van der Waals surface area contributed by atoms with E-state index in [-0.39, 0.29) is 25.0 Å². The summed E-state index contributed by atoms with van der Waals surface area (Å²) < 4.78 is 6.55. The van der Waals surface area contributed by atoms with E-state index >= 15 is 0 Å². The molecule has 0 spiro atoms. The molecule has 0 bridgehead atoms. The van der Waals surface area contributed by atoms with Gasteiger partial charge >= 0.3 is 0 Å². The van der Waals surface area contributed by atoms with Crippen LogP contribution in [-0.2, 0) is 16.1 Å². The molecule has 0 fully saturated rings. The first kappa shape index (κ1) is 22.2. The van der Waals surface area contributed by atoms with Crippen LogP contribution in [0.3, 0.4) is 0 Å². The number of likely N-dealkylation sites (N-methyl/N-ethyl adjacent to an activating group) is 1. The van der Waals surface area contributed by atoms with Gasteiger partial charge in [-0.2, -0.15) is 0 Å². The molecule has 0 heterocycles. The van der Waals surface area contributed by atoms with Crippen molar-refractivity contribution in [2.24, 2.45) is 0 Å². The first-order chi connectivity index (χ1) is 13.5. The van der Waals surface area contributed by atoms with Crippen LogP contribution in [-0.4, -0.2) is 35.9 Å². The van der Waals surface area contributed by atoms with Crippen molar-refractivity contribution in [2.45, 2.75) is 32.9 Å². The van der Waals surface area contributed by atoms with E-state index in [0.717, 1.165) is 10.0 Å². The number of benzene rings is 2. The van der Waals surface area contributed by atoms with E-state index in [1.807, 2.05) is 44.2 Å². The lowest BCUT2D eigenvalue weighted by Crippen LogP contribution is -2.50. The van der Waals surface area contributed by atoms with Crippen LogP contribution in [0.1, 0.15) is 25.8 Å². The van der Waals surface area contributed by atoms with E-state index in [1.54, 1.807) is 18.2 Å². The molecule has 0 saturated carbocycles. The topological polar surface area (TPSA) is 58.6 Å². The molecule has 0 aliphatic carbocycles. The van der Waals surface area contributed by atoms with Crippen molar-refractivity contribution in [1.29, 1.82) is 0 Å². The number of carbonyl (C=O) groups is 2. The molecule has 0 aliphatic heterocycles. The van der Waals surface area contributed by atoms with Gasteiger partial charge in [-0.1, -0.05) is 52.7 Å². The van der Waals surface area contributed by atoms with Crippen LogP contribution in [0.25, 0.3) is 0 Å². The molecule has 0 aromatic heterocycles. The average Bonchev–Trinajstić information content (AvgIpc) is 2.69. The van der Waals surface area contributed by atoms with Gasteiger partial charge in [-0.3, -0.25) is 9.59 Å². The summed E-state index contributed by atoms with van der Waals surface area (Å²) in [5, 5.41) is 3.36. The van der Waals surface area contributed by atoms with Crippen LogP contribution in [0.5, 0.6) is 5.75 Å². The van der Waals surface area contributed by atoms with E-state index in [4.69, 9.17) is 16.3 Å². The maximum Gasteiger partial charge on any atom is 0.261 e. The number of rotatable bonds is 9. The zero-order valence-corrected chi connectivity index (χ0v) is 18.3. The third kappa shape index (κ3) is 6.24. The van der Waals surface area contributed by atoms with Gasteiger partial charge in [0.05, 0.1) is 0 Å². The van der Waals surface area contributed by atoms with Crippen molar-refractivity contribution >= 4 is 39.3 Å². The van der Waals surface area contributed by atoms with Crippen molar-refractivity contribution in [1.82, 2.24) is 10.2 Å². The van der Waals surface area contributed by atoms with Crippen LogP contribution in [0.15, 0.2) is 53.0 Å². The van der Waals surface area contributed by atoms with Crippen molar-refractivity contribution < 1.29 is 14.3 Å². The lowest BCUT2D eigenvalue weighted by Gasteiger charge is -2.30. The number of ether oxygens (including phenoxy) is 1. The summed E-state index contributed by atoms with van der Waals surface area (Å²) in [6.45, 7) is 4.29. The van der Waals surface area contributed by atoms with Gasteiger partial charge < -0.3 is 15.0 Å². The quantitative estimate of drug-likeness (QED) is 0.594. The zero-order chi connectivity index (χ0) is 20.5. The monoisotopic (exact) mass is 466 g/mol. The van der Waals surface area contributed by atoms with Gasteiger partial charge in [0, 0.05) is 22.6 Å². The Morgan fingerprint density at radius 1 is 1.14 bits per heavy atom. The standard InChI is InChI=1S/C21H24BrClN2O3/c1-3-19(21(27)24-4-2)25(13-15-7-5-6-8-18(15)23)20(26)14-28-17-11-9-16(22)10-12-17/h5-12,19H,3-4,13-14H2,1-2H3,(H,24,27)/t19-/m1/s1. The zero-order valence-electron chi connectivity index (χ0n) is 16.0. The number of nitrogens with zero attached hydrogens (tertiary/aromatic N) is 1. The van der Waals surface area contributed by atoms with Gasteiger partial charge in [-0.15, -0.1) is 0 Å². The van der Waals surface area contributed by atoms with Crippen molar-refractivity contribution in [3.63, 3.8) is 0 Å². The fourth-order valence-corrected chi connectivity index (χ4v) is 3.24. The molecular weight excluding hydrogens is 444 g/mol. The Kier molecular flexibility index (Phi) is 8.80. The number of hydrogen-bond acceptors (Lipinski definition) is 3. The molecule has 1 N–H and O–H groups in total. The Bertz CT molecular complexity index is 798. The highest BCUT2D eigenvalue weighted by atomic mass is 79.9. The Morgan fingerprint density at radius 3 is 2.43 bits per heavy atom. The first-order valence-electron chi connectivity index (χ1n) is 9.15. The second kappa shape index (κ2) is 11.1. The Balaban J connectivity index is 2.20. The van der Waals surface area contributed by atoms with E-state index in [2.05, 4.69) is 21.2 Å². The van der Waals surface area contributed by atoms with Crippen LogP contribution in [0, 0.1) is 0 Å². The molecule has 2 aromatic rings. The van der Waals surface area contributed by atoms with Crippen LogP contribution < -0.4 is 10.1 Å². The Labute approximate surface area is 179 Å². The molecular formula is C21H24BrClN2O3. The van der Waals surface area contributed by atoms with Gasteiger partial charge in [0.25, 0.3) is 5.91 Å². The summed E-state index contributed by atoms with van der Waals surface area (Å²) in [6, 6.07) is 13.9. The van der Waals surface area contributed by atoms with Gasteiger partial charge in [0.15, 0.2) is 6.61 Å². The SMILES string of the molecule is CCNC(=O)[C@@H](CC)N(Cc1ccccc1Cl)C(=O)COc1ccc(Br)cc1. The highest BCUT2D eigenvalue weighted by molar-refractivity contribution is 9.10. The van der Waals surface area contributed by atoms with E-state index in [0.29, 0.717) is 23.7 Å². The van der Waals surface area contributed by atoms with Gasteiger partial charge in [0.1, 0.15) is 11.8 Å². The second-order valence-electron chi connectivity index (χ2n) is 6.17. The predicted octanol–water partition coefficient (Wildman–Crippen LogP) is 4.42. The minimum atomic E-state index is -0.600. The number of hydrogen-bond donors (Lipinski definition) is 1. The molecule has 0 aliphatic rings. The molecule has 0 saturated heterocycles. The Hall–Kier alpha value is -2.05. The fraction of sp³-hybridized carbons (Fsp3) is 0.333. The van der Waals surface area contributed by atoms with Gasteiger partial charge in [0.2, 0.25) is 5.91 Å². The molecule has 0 radical (unpaired) electrons. The molecule has 2 rings (SSSR count). The summed E-state index contributed by atoms with van der Waals surface area (Å²) in [4.78, 5) is 27.0. The summed E-state index contributed by atoms with van der Waals surface area (Å²) in [7, 11) is 0. The number of halogens is 2. The molecule has 0 unspecified atom stereocenters. The van der Waals surface area contributed by atoms with Crippen LogP contribution >= 0.6 is 27.5 Å². The Morgan fingerprint density at radius 2 is 1.82 bits per heavy atom. The fourth-order valence-electron chi connectivity index (χ4n) is 2.78. The first-order valence-corrected chi connectivity index (χ1v) is 10.3. The number of carbonyl (C=O) groups excluding carboxylic acids is 2. The molecule has 1 atom stereocenters. The summed E-state index contributed by atoms with van der Waals surface area (Å²) >= 11 is 9.64. The van der Waals surface area contributed by atoms with Gasteiger partial charge in [-0.25, -0.2) is 0 Å². The molecule has 5 nitrogen and oxygen atoms in total. The van der Waals surface area contributed by atoms with E-state index < -0.39 is 6.04 Å². The largest absolute Gasteiger partial charge is 0.484 e. The summed E-state index contributed by atoms with van der Waals surface area (Å²) in [5.74, 6) is 0.121. The molecule has 150 valence electrons. The number of amides is 2. The molecule has 2 amide bonds. The van der Waals surface area contributed by atoms with E-state index in [9.17, 15) is 9.59 Å². The predicted molar refractivity (Wildman–Crippen MR) is 114 cm³/mol. The smallest absolute Gasteiger partial charge is 0.261 e. The van der Waals surface area contributed by atoms with Gasteiger partial charge in [-0.05, 0) is 49.2 Å². The minimum absolute atomic E-state index is 0.165. The number of nitrogens with one attached hydrogen (secondary N) is 1. The van der Waals surface area contributed by atoms with Crippen LogP contribution in [0.4, 0.5) is 0 Å². The van der Waals surface area contributed by atoms with Crippen LogP contribution in [0.2, 0.25) is 5.02 Å². The summed E-state index contributed by atoms with van der Waals surface area (Å²) in [6.07, 6.45) is 0.486. The summed E-state index contributed by atoms with van der Waals surface area (Å²) in [5.41, 5.74) is 0.781. The second-order valence-corrected chi connectivity index (χ2v) is 7.50. The molecule has 2 aromatic carbocycles. The van der Waals surface area contributed by atoms with Crippen molar-refractivity contribution in [3.8, 4) is 5.75 Å². The highest BCUT2D eigenvalue weighted by Crippen LogP contribution is 2.20. The lowest BCUT2D eigenvalue weighted by atomic mass is 10.1. The molecule has 28 heavy (non-hydrogen) atoms. The normalized spacial score (nSPS) is 11.6. The van der Waals surface area contributed by atoms with Crippen molar-refractivity contribution in [3.05, 3.63) is 63.6 Å². The van der Waals surface area contributed by atoms with Crippen molar-refractivity contribution in [2.75, 3.05) is 13.2 Å². The maximum absolute atomic E-state index is 13.0. The highest BCUT2D eigenvalue weighted by Gasteiger charge is 2.29.